The van der Waals surface area contributed by atoms with Gasteiger partial charge in [0.2, 0.25) is 0 Å². The third kappa shape index (κ3) is 38.5. The summed E-state index contributed by atoms with van der Waals surface area (Å²) in [5, 5.41) is 16.9. The zero-order chi connectivity index (χ0) is 25.0. The third-order valence-electron chi connectivity index (χ3n) is 3.07. The highest BCUT2D eigenvalue weighted by Crippen LogP contribution is 1.99. The summed E-state index contributed by atoms with van der Waals surface area (Å²) in [6.07, 6.45) is 3.83. The lowest BCUT2D eigenvalue weighted by atomic mass is 10.1. The van der Waals surface area contributed by atoms with Gasteiger partial charge >= 0.3 is 22.3 Å². The Morgan fingerprint density at radius 2 is 0.968 bits per heavy atom. The molecule has 0 saturated carbocycles. The molecule has 16 N–H and O–H groups in total. The van der Waals surface area contributed by atoms with Crippen LogP contribution >= 0.6 is 0 Å². The van der Waals surface area contributed by atoms with Gasteiger partial charge in [0, 0.05) is 13.1 Å². The molecule has 16 nitrogen and oxygen atoms in total. The third-order valence-corrected chi connectivity index (χ3v) is 3.07. The number of nitrogens with zero attached hydrogens (tertiary/aromatic N) is 2. The molecule has 0 fully saturated rings. The lowest BCUT2D eigenvalue weighted by Gasteiger charge is -2.04. The smallest absolute Gasteiger partial charge is 0.394 e. The fraction of sp³-hybridized carbons (Fsp3) is 0.714. The fourth-order valence-electron chi connectivity index (χ4n) is 1.62. The van der Waals surface area contributed by atoms with Gasteiger partial charge in [-0.05, 0) is 38.5 Å². The van der Waals surface area contributed by atoms with Crippen LogP contribution in [-0.2, 0) is 20.0 Å². The standard InChI is InChI=1S/2C7H16N4O2.H2O4S/c2*8-5(6(12)13)3-1-2-4-11-7(9)10;1-5(2,3)4/h2*5H,1-4,8H2,(H,12,13)(H4,9,10,11);(H2,1,2,3,4)/t2*5-;/m00./s1. The number of hydrogen-bond acceptors (Lipinski definition) is 8. The Balaban J connectivity index is -0.000000416. The van der Waals surface area contributed by atoms with Gasteiger partial charge in [-0.15, -0.1) is 0 Å². The highest BCUT2D eigenvalue weighted by atomic mass is 32.3. The molecule has 0 aliphatic rings. The van der Waals surface area contributed by atoms with Gasteiger partial charge in [0.15, 0.2) is 11.9 Å². The quantitative estimate of drug-likeness (QED) is 0.0584. The highest BCUT2D eigenvalue weighted by molar-refractivity contribution is 7.79. The van der Waals surface area contributed by atoms with Crippen LogP contribution in [0.3, 0.4) is 0 Å². The van der Waals surface area contributed by atoms with Gasteiger partial charge in [0.05, 0.1) is 0 Å². The van der Waals surface area contributed by atoms with Gasteiger partial charge in [-0.1, -0.05) is 0 Å². The first-order valence-corrected chi connectivity index (χ1v) is 10.2. The maximum Gasteiger partial charge on any atom is 0.394 e. The number of rotatable bonds is 12. The van der Waals surface area contributed by atoms with Crippen LogP contribution in [0.4, 0.5) is 0 Å². The first kappa shape index (κ1) is 32.9. The van der Waals surface area contributed by atoms with E-state index in [1.54, 1.807) is 0 Å². The second kappa shape index (κ2) is 19.2. The predicted molar refractivity (Wildman–Crippen MR) is 114 cm³/mol. The van der Waals surface area contributed by atoms with Crippen LogP contribution in [0.15, 0.2) is 9.98 Å². The van der Waals surface area contributed by atoms with Crippen LogP contribution in [0.5, 0.6) is 0 Å². The first-order valence-electron chi connectivity index (χ1n) is 8.85. The molecule has 0 amide bonds. The van der Waals surface area contributed by atoms with Crippen molar-refractivity contribution in [2.45, 2.75) is 50.6 Å². The van der Waals surface area contributed by atoms with E-state index in [2.05, 4.69) is 9.98 Å². The molecular formula is C14H34N8O8S. The van der Waals surface area contributed by atoms with Crippen molar-refractivity contribution in [3.8, 4) is 0 Å². The van der Waals surface area contributed by atoms with E-state index in [4.69, 9.17) is 62.1 Å². The van der Waals surface area contributed by atoms with Gasteiger partial charge in [0.1, 0.15) is 12.1 Å². The van der Waals surface area contributed by atoms with E-state index in [0.29, 0.717) is 38.8 Å². The van der Waals surface area contributed by atoms with Crippen LogP contribution < -0.4 is 34.4 Å². The number of unbranched alkanes of at least 4 members (excludes halogenated alkanes) is 2. The summed E-state index contributed by atoms with van der Waals surface area (Å²) >= 11 is 0. The molecule has 0 bridgehead atoms. The van der Waals surface area contributed by atoms with Crippen molar-refractivity contribution >= 4 is 34.3 Å². The molecule has 0 unspecified atom stereocenters. The summed E-state index contributed by atoms with van der Waals surface area (Å²) in [6, 6.07) is -1.56. The maximum atomic E-state index is 10.3. The van der Waals surface area contributed by atoms with Gasteiger partial charge in [-0.2, -0.15) is 8.42 Å². The van der Waals surface area contributed by atoms with Crippen LogP contribution in [0.2, 0.25) is 0 Å². The number of carboxylic acids is 2. The van der Waals surface area contributed by atoms with E-state index in [1.165, 1.54) is 0 Å². The Labute approximate surface area is 180 Å². The van der Waals surface area contributed by atoms with E-state index in [1.807, 2.05) is 0 Å². The van der Waals surface area contributed by atoms with Gasteiger partial charge in [-0.3, -0.25) is 28.7 Å². The van der Waals surface area contributed by atoms with Crippen molar-refractivity contribution in [2.24, 2.45) is 44.4 Å². The molecule has 17 heteroatoms. The van der Waals surface area contributed by atoms with Crippen molar-refractivity contribution in [2.75, 3.05) is 13.1 Å². The highest BCUT2D eigenvalue weighted by Gasteiger charge is 2.10. The maximum absolute atomic E-state index is 10.3. The molecule has 0 spiro atoms. The lowest BCUT2D eigenvalue weighted by molar-refractivity contribution is -0.139. The zero-order valence-corrected chi connectivity index (χ0v) is 17.8. The molecule has 0 saturated heterocycles. The minimum absolute atomic E-state index is 0.0579. The summed E-state index contributed by atoms with van der Waals surface area (Å²) in [7, 11) is -4.67. The summed E-state index contributed by atoms with van der Waals surface area (Å²) in [4.78, 5) is 28.1. The molecule has 0 aromatic heterocycles. The predicted octanol–water partition coefficient (Wildman–Crippen LogP) is -2.97. The second-order valence-corrected chi connectivity index (χ2v) is 6.84. The average molecular weight is 475 g/mol. The van der Waals surface area contributed by atoms with E-state index < -0.39 is 34.4 Å². The molecule has 0 aliphatic carbocycles. The Kier molecular flexibility index (Phi) is 20.4. The topological polar surface area (TPSA) is 330 Å². The van der Waals surface area contributed by atoms with Crippen LogP contribution in [0.1, 0.15) is 38.5 Å². The first-order chi connectivity index (χ1) is 14.1. The minimum Gasteiger partial charge on any atom is -0.480 e. The molecule has 0 rings (SSSR count). The van der Waals surface area contributed by atoms with Crippen LogP contribution in [-0.4, -0.2) is 76.8 Å². The fourth-order valence-corrected chi connectivity index (χ4v) is 1.62. The van der Waals surface area contributed by atoms with Gasteiger partial charge in [-0.25, -0.2) is 0 Å². The summed E-state index contributed by atoms with van der Waals surface area (Å²) in [5.74, 6) is -1.83. The van der Waals surface area contributed by atoms with Crippen molar-refractivity contribution in [3.05, 3.63) is 0 Å². The van der Waals surface area contributed by atoms with Crippen molar-refractivity contribution in [1.82, 2.24) is 0 Å². The number of aliphatic imine (C=N–C) groups is 2. The molecule has 0 aromatic carbocycles. The Hall–Kier alpha value is -2.73. The molecule has 184 valence electrons. The average Bonchev–Trinajstić information content (AvgIpc) is 2.59. The number of guanidine groups is 2. The largest absolute Gasteiger partial charge is 0.480 e. The minimum atomic E-state index is -4.67. The van der Waals surface area contributed by atoms with E-state index in [-0.39, 0.29) is 11.9 Å². The molecule has 0 radical (unpaired) electrons. The molecule has 0 heterocycles. The number of carboxylic acid groups (broad SMARTS) is 2. The van der Waals surface area contributed by atoms with Crippen molar-refractivity contribution < 1.29 is 37.3 Å². The summed E-state index contributed by atoms with van der Waals surface area (Å²) in [5.41, 5.74) is 30.9. The zero-order valence-electron chi connectivity index (χ0n) is 17.0. The van der Waals surface area contributed by atoms with E-state index in [0.717, 1.165) is 12.8 Å². The monoisotopic (exact) mass is 474 g/mol. The number of hydrogen-bond donors (Lipinski definition) is 10. The van der Waals surface area contributed by atoms with Gasteiger partial charge < -0.3 is 44.6 Å². The lowest BCUT2D eigenvalue weighted by Crippen LogP contribution is -2.29. The van der Waals surface area contributed by atoms with Gasteiger partial charge in [0.25, 0.3) is 0 Å². The molecule has 31 heavy (non-hydrogen) atoms. The SMILES string of the molecule is NC(N)=NCCCC[C@H](N)C(=O)O.NC(N)=NCCCC[C@H](N)C(=O)O.O=S(=O)(O)O. The molecule has 0 aromatic rings. The molecular weight excluding hydrogens is 440 g/mol. The van der Waals surface area contributed by atoms with E-state index >= 15 is 0 Å². The van der Waals surface area contributed by atoms with Crippen molar-refractivity contribution in [1.29, 1.82) is 0 Å². The summed E-state index contributed by atoms with van der Waals surface area (Å²) in [6.45, 7) is 1.04. The number of aliphatic carboxylic acids is 2. The Bertz CT molecular complexity index is 613. The normalized spacial score (nSPS) is 12.0. The van der Waals surface area contributed by atoms with Crippen LogP contribution in [0, 0.1) is 0 Å². The summed E-state index contributed by atoms with van der Waals surface area (Å²) < 4.78 is 31.6. The molecule has 2 atom stereocenters. The van der Waals surface area contributed by atoms with E-state index in [9.17, 15) is 9.59 Å². The van der Waals surface area contributed by atoms with Crippen molar-refractivity contribution in [3.63, 3.8) is 0 Å². The Morgan fingerprint density at radius 1 is 0.710 bits per heavy atom. The Morgan fingerprint density at radius 3 is 1.16 bits per heavy atom. The number of nitrogens with two attached hydrogens (primary N) is 6. The molecule has 0 aliphatic heterocycles. The number of carbonyl (C=O) groups is 2. The van der Waals surface area contributed by atoms with Crippen LogP contribution in [0.25, 0.3) is 0 Å². The second-order valence-electron chi connectivity index (χ2n) is 5.94.